The number of methoxy groups -OCH3 is 1. The van der Waals surface area contributed by atoms with Crippen LogP contribution >= 0.6 is 12.2 Å². The minimum Gasteiger partial charge on any atom is -0.385 e. The van der Waals surface area contributed by atoms with Gasteiger partial charge in [0.1, 0.15) is 0 Å². The van der Waals surface area contributed by atoms with Crippen LogP contribution in [-0.4, -0.2) is 42.9 Å². The number of likely N-dealkylation sites (tertiary alicyclic amines) is 1. The number of nitrogens with one attached hydrogen (secondary N) is 1. The zero-order valence-corrected chi connectivity index (χ0v) is 11.5. The number of thiocarbonyl (C=S) groups is 1. The van der Waals surface area contributed by atoms with Crippen LogP contribution < -0.4 is 5.32 Å². The molecule has 94 valence electrons. The Hall–Kier alpha value is -0.350. The van der Waals surface area contributed by atoms with E-state index in [1.54, 1.807) is 7.11 Å². The highest BCUT2D eigenvalue weighted by Crippen LogP contribution is 2.23. The molecule has 1 aliphatic heterocycles. The Morgan fingerprint density at radius 2 is 2.31 bits per heavy atom. The fourth-order valence-corrected chi connectivity index (χ4v) is 2.58. The fraction of sp³-hybridized carbons (Fsp3) is 0.917. The molecule has 0 aromatic rings. The van der Waals surface area contributed by atoms with E-state index in [-0.39, 0.29) is 0 Å². The van der Waals surface area contributed by atoms with Crippen LogP contribution in [0.4, 0.5) is 0 Å². The van der Waals surface area contributed by atoms with Crippen molar-refractivity contribution < 1.29 is 4.74 Å². The van der Waals surface area contributed by atoms with E-state index >= 15 is 0 Å². The summed E-state index contributed by atoms with van der Waals surface area (Å²) in [6.07, 6.45) is 3.55. The predicted octanol–water partition coefficient (Wildman–Crippen LogP) is 2.02. The van der Waals surface area contributed by atoms with Gasteiger partial charge in [0.15, 0.2) is 5.11 Å². The molecule has 0 aliphatic carbocycles. The van der Waals surface area contributed by atoms with Crippen molar-refractivity contribution in [3.63, 3.8) is 0 Å². The van der Waals surface area contributed by atoms with Crippen LogP contribution in [0.3, 0.4) is 0 Å². The summed E-state index contributed by atoms with van der Waals surface area (Å²) in [5, 5.41) is 4.25. The fourth-order valence-electron chi connectivity index (χ4n) is 2.25. The number of rotatable bonds is 5. The molecule has 4 heteroatoms. The summed E-state index contributed by atoms with van der Waals surface area (Å²) in [4.78, 5) is 2.35. The lowest BCUT2D eigenvalue weighted by Gasteiger charge is -2.30. The summed E-state index contributed by atoms with van der Waals surface area (Å²) in [7, 11) is 1.73. The molecule has 1 aliphatic rings. The zero-order valence-electron chi connectivity index (χ0n) is 10.7. The molecule has 0 radical (unpaired) electrons. The maximum absolute atomic E-state index is 5.43. The highest BCUT2D eigenvalue weighted by molar-refractivity contribution is 7.80. The summed E-state index contributed by atoms with van der Waals surface area (Å²) in [5.74, 6) is 0.682. The number of nitrogens with zero attached hydrogens (tertiary/aromatic N) is 1. The van der Waals surface area contributed by atoms with Gasteiger partial charge in [-0.05, 0) is 37.4 Å². The number of ether oxygens (including phenoxy) is 1. The third-order valence-electron chi connectivity index (χ3n) is 3.13. The first-order chi connectivity index (χ1) is 7.66. The quantitative estimate of drug-likeness (QED) is 0.591. The summed E-state index contributed by atoms with van der Waals surface area (Å²) in [6.45, 7) is 7.36. The summed E-state index contributed by atoms with van der Waals surface area (Å²) >= 11 is 5.43. The average molecular weight is 244 g/mol. The van der Waals surface area contributed by atoms with E-state index in [1.165, 1.54) is 12.8 Å². The van der Waals surface area contributed by atoms with Gasteiger partial charge in [0, 0.05) is 32.8 Å². The molecule has 0 spiro atoms. The monoisotopic (exact) mass is 244 g/mol. The highest BCUT2D eigenvalue weighted by Gasteiger charge is 2.28. The van der Waals surface area contributed by atoms with E-state index in [2.05, 4.69) is 24.1 Å². The van der Waals surface area contributed by atoms with Crippen molar-refractivity contribution in [2.45, 2.75) is 39.2 Å². The first-order valence-corrected chi connectivity index (χ1v) is 6.61. The van der Waals surface area contributed by atoms with Crippen molar-refractivity contribution >= 4 is 17.3 Å². The van der Waals surface area contributed by atoms with Crippen molar-refractivity contribution in [1.82, 2.24) is 10.2 Å². The highest BCUT2D eigenvalue weighted by atomic mass is 32.1. The molecule has 1 saturated heterocycles. The molecule has 1 heterocycles. The third kappa shape index (κ3) is 3.91. The van der Waals surface area contributed by atoms with Crippen LogP contribution in [0.5, 0.6) is 0 Å². The predicted molar refractivity (Wildman–Crippen MR) is 71.7 cm³/mol. The van der Waals surface area contributed by atoms with Crippen molar-refractivity contribution in [2.75, 3.05) is 26.8 Å². The van der Waals surface area contributed by atoms with Gasteiger partial charge in [0.25, 0.3) is 0 Å². The van der Waals surface area contributed by atoms with Crippen LogP contribution in [0, 0.1) is 5.92 Å². The Balaban J connectivity index is 2.29. The van der Waals surface area contributed by atoms with Crippen molar-refractivity contribution in [3.05, 3.63) is 0 Å². The van der Waals surface area contributed by atoms with Gasteiger partial charge in [-0.2, -0.15) is 0 Å². The van der Waals surface area contributed by atoms with E-state index in [0.717, 1.165) is 31.2 Å². The van der Waals surface area contributed by atoms with Crippen molar-refractivity contribution in [2.24, 2.45) is 5.92 Å². The molecule has 1 N–H and O–H groups in total. The number of hydrogen-bond acceptors (Lipinski definition) is 2. The Bertz CT molecular complexity index is 221. The maximum atomic E-state index is 5.43. The lowest BCUT2D eigenvalue weighted by Crippen LogP contribution is -2.44. The Morgan fingerprint density at radius 3 is 2.94 bits per heavy atom. The lowest BCUT2D eigenvalue weighted by atomic mass is 10.0. The van der Waals surface area contributed by atoms with Crippen LogP contribution in [0.25, 0.3) is 0 Å². The molecular formula is C12H24N2OS. The van der Waals surface area contributed by atoms with Crippen LogP contribution in [0.2, 0.25) is 0 Å². The molecule has 0 bridgehead atoms. The van der Waals surface area contributed by atoms with Gasteiger partial charge < -0.3 is 15.0 Å². The van der Waals surface area contributed by atoms with Gasteiger partial charge in [-0.1, -0.05) is 13.8 Å². The first-order valence-electron chi connectivity index (χ1n) is 6.20. The molecule has 0 aromatic carbocycles. The Morgan fingerprint density at radius 1 is 1.56 bits per heavy atom. The molecule has 16 heavy (non-hydrogen) atoms. The lowest BCUT2D eigenvalue weighted by molar-refractivity contribution is 0.195. The SMILES string of the molecule is COCCCNC(=S)N1CCCC1C(C)C. The first kappa shape index (κ1) is 13.7. The van der Waals surface area contributed by atoms with Crippen molar-refractivity contribution in [3.8, 4) is 0 Å². The second-order valence-corrected chi connectivity index (χ2v) is 5.11. The van der Waals surface area contributed by atoms with Gasteiger partial charge in [0.05, 0.1) is 0 Å². The average Bonchev–Trinajstić information content (AvgIpc) is 2.73. The van der Waals surface area contributed by atoms with Crippen LogP contribution in [0.15, 0.2) is 0 Å². The smallest absolute Gasteiger partial charge is 0.169 e. The largest absolute Gasteiger partial charge is 0.385 e. The zero-order chi connectivity index (χ0) is 12.0. The summed E-state index contributed by atoms with van der Waals surface area (Å²) in [6, 6.07) is 0.627. The maximum Gasteiger partial charge on any atom is 0.169 e. The van der Waals surface area contributed by atoms with E-state index in [1.807, 2.05) is 0 Å². The minimum atomic E-state index is 0.627. The molecule has 0 aromatic heterocycles. The molecule has 1 fully saturated rings. The van der Waals surface area contributed by atoms with Gasteiger partial charge in [-0.25, -0.2) is 0 Å². The molecule has 1 unspecified atom stereocenters. The molecule has 1 rings (SSSR count). The van der Waals surface area contributed by atoms with Gasteiger partial charge in [-0.3, -0.25) is 0 Å². The number of hydrogen-bond donors (Lipinski definition) is 1. The normalized spacial score (nSPS) is 20.5. The minimum absolute atomic E-state index is 0.627. The Labute approximate surface area is 105 Å². The Kier molecular flexibility index (Phi) is 6.06. The van der Waals surface area contributed by atoms with Crippen LogP contribution in [0.1, 0.15) is 33.1 Å². The van der Waals surface area contributed by atoms with Crippen molar-refractivity contribution in [1.29, 1.82) is 0 Å². The summed E-state index contributed by atoms with van der Waals surface area (Å²) in [5.41, 5.74) is 0. The van der Waals surface area contributed by atoms with Gasteiger partial charge >= 0.3 is 0 Å². The third-order valence-corrected chi connectivity index (χ3v) is 3.51. The van der Waals surface area contributed by atoms with Gasteiger partial charge in [-0.15, -0.1) is 0 Å². The molecule has 0 amide bonds. The van der Waals surface area contributed by atoms with E-state index in [4.69, 9.17) is 17.0 Å². The second kappa shape index (κ2) is 7.07. The molecule has 3 nitrogen and oxygen atoms in total. The topological polar surface area (TPSA) is 24.5 Å². The molecular weight excluding hydrogens is 220 g/mol. The standard InChI is InChI=1S/C12H24N2OS/c1-10(2)11-6-4-8-14(11)12(16)13-7-5-9-15-3/h10-11H,4-9H2,1-3H3,(H,13,16). The summed E-state index contributed by atoms with van der Waals surface area (Å²) < 4.78 is 5.01. The van der Waals surface area contributed by atoms with Crippen LogP contribution in [-0.2, 0) is 4.74 Å². The van der Waals surface area contributed by atoms with E-state index in [9.17, 15) is 0 Å². The van der Waals surface area contributed by atoms with E-state index < -0.39 is 0 Å². The second-order valence-electron chi connectivity index (χ2n) is 4.73. The molecule has 0 saturated carbocycles. The van der Waals surface area contributed by atoms with E-state index in [0.29, 0.717) is 12.0 Å². The molecule has 1 atom stereocenters. The van der Waals surface area contributed by atoms with Gasteiger partial charge in [0.2, 0.25) is 0 Å².